The van der Waals surface area contributed by atoms with Gasteiger partial charge in [0.15, 0.2) is 0 Å². The van der Waals surface area contributed by atoms with Crippen molar-refractivity contribution in [3.05, 3.63) is 30.1 Å². The number of aromatic nitrogens is 2. The van der Waals surface area contributed by atoms with Crippen LogP contribution in [0.25, 0.3) is 0 Å². The number of nitrogens with one attached hydrogen (secondary N) is 1. The summed E-state index contributed by atoms with van der Waals surface area (Å²) in [6.45, 7) is 6.31. The lowest BCUT2D eigenvalue weighted by Crippen LogP contribution is -2.36. The van der Waals surface area contributed by atoms with Crippen LogP contribution in [0.15, 0.2) is 18.9 Å². The lowest BCUT2D eigenvalue weighted by molar-refractivity contribution is 0.0992. The Morgan fingerprint density at radius 3 is 3.38 bits per heavy atom. The molecule has 1 aromatic rings. The number of aliphatic hydroxyl groups excluding tert-OH is 1. The quantitative estimate of drug-likeness (QED) is 0.732. The maximum atomic E-state index is 9.82. The minimum atomic E-state index is -0.244. The molecule has 16 heavy (non-hydrogen) atoms. The van der Waals surface area contributed by atoms with E-state index >= 15 is 0 Å². The zero-order valence-corrected chi connectivity index (χ0v) is 9.52. The Bertz CT molecular complexity index is 348. The summed E-state index contributed by atoms with van der Waals surface area (Å²) in [6.07, 6.45) is 6.19. The smallest absolute Gasteiger partial charge is 0.0670 e. The Labute approximate surface area is 96.0 Å². The zero-order valence-electron chi connectivity index (χ0n) is 9.52. The highest BCUT2D eigenvalue weighted by atomic mass is 16.3. The third kappa shape index (κ3) is 2.71. The molecule has 0 bridgehead atoms. The van der Waals surface area contributed by atoms with E-state index in [4.69, 9.17) is 0 Å². The minimum Gasteiger partial charge on any atom is -0.392 e. The van der Waals surface area contributed by atoms with Crippen molar-refractivity contribution in [2.45, 2.75) is 31.9 Å². The number of rotatable bonds is 5. The summed E-state index contributed by atoms with van der Waals surface area (Å²) < 4.78 is 0. The van der Waals surface area contributed by atoms with Crippen LogP contribution in [0.5, 0.6) is 0 Å². The molecule has 0 saturated heterocycles. The van der Waals surface area contributed by atoms with Crippen LogP contribution in [0, 0.1) is 0 Å². The van der Waals surface area contributed by atoms with Crippen molar-refractivity contribution in [3.8, 4) is 0 Å². The van der Waals surface area contributed by atoms with E-state index in [1.165, 1.54) is 11.3 Å². The van der Waals surface area contributed by atoms with Gasteiger partial charge in [0.05, 0.1) is 12.3 Å². The number of nitrogens with zero attached hydrogens (tertiary/aromatic N) is 2. The molecule has 0 aromatic carbocycles. The van der Waals surface area contributed by atoms with Crippen LogP contribution in [-0.2, 0) is 13.0 Å². The Balaban J connectivity index is 1.82. The summed E-state index contributed by atoms with van der Waals surface area (Å²) in [7, 11) is 0. The first-order chi connectivity index (χ1) is 7.79. The van der Waals surface area contributed by atoms with Crippen molar-refractivity contribution in [2.24, 2.45) is 0 Å². The lowest BCUT2D eigenvalue weighted by atomic mass is 10.1. The van der Waals surface area contributed by atoms with Crippen LogP contribution >= 0.6 is 0 Å². The van der Waals surface area contributed by atoms with E-state index in [-0.39, 0.29) is 6.10 Å². The molecule has 1 aliphatic rings. The number of β-amino-alcohol motifs (C(OH)–C–C–N with tert-alkyl or cyclic N) is 1. The minimum absolute atomic E-state index is 0.244. The van der Waals surface area contributed by atoms with E-state index in [0.717, 1.165) is 38.9 Å². The molecule has 1 atom stereocenters. The van der Waals surface area contributed by atoms with E-state index in [9.17, 15) is 5.11 Å². The maximum Gasteiger partial charge on any atom is 0.0670 e. The third-order valence-electron chi connectivity index (χ3n) is 3.05. The van der Waals surface area contributed by atoms with E-state index in [0.29, 0.717) is 0 Å². The number of allylic oxidation sites excluding steroid dienone is 1. The Morgan fingerprint density at radius 2 is 2.56 bits per heavy atom. The molecular formula is C12H19N3O. The zero-order chi connectivity index (χ0) is 11.4. The monoisotopic (exact) mass is 221 g/mol. The van der Waals surface area contributed by atoms with Gasteiger partial charge in [-0.3, -0.25) is 10.00 Å². The first-order valence-corrected chi connectivity index (χ1v) is 5.82. The molecule has 4 heteroatoms. The molecule has 1 aliphatic heterocycles. The van der Waals surface area contributed by atoms with Gasteiger partial charge in [-0.1, -0.05) is 6.08 Å². The second kappa shape index (κ2) is 5.27. The van der Waals surface area contributed by atoms with Crippen molar-refractivity contribution in [1.29, 1.82) is 0 Å². The second-order valence-electron chi connectivity index (χ2n) is 4.38. The summed E-state index contributed by atoms with van der Waals surface area (Å²) in [4.78, 5) is 2.28. The highest BCUT2D eigenvalue weighted by Crippen LogP contribution is 2.16. The topological polar surface area (TPSA) is 52.1 Å². The molecule has 0 saturated carbocycles. The number of hydrogen-bond acceptors (Lipinski definition) is 3. The SMILES string of the molecule is C=CCCC(O)CN1CCc2[nH]ncc2C1. The summed E-state index contributed by atoms with van der Waals surface area (Å²) >= 11 is 0. The van der Waals surface area contributed by atoms with Crippen LogP contribution in [-0.4, -0.2) is 39.4 Å². The van der Waals surface area contributed by atoms with Crippen molar-refractivity contribution in [1.82, 2.24) is 15.1 Å². The second-order valence-corrected chi connectivity index (χ2v) is 4.38. The van der Waals surface area contributed by atoms with Crippen molar-refractivity contribution in [2.75, 3.05) is 13.1 Å². The summed E-state index contributed by atoms with van der Waals surface area (Å²) in [5.41, 5.74) is 2.51. The fourth-order valence-electron chi connectivity index (χ4n) is 2.14. The molecule has 2 heterocycles. The standard InChI is InChI=1S/C12H19N3O/c1-2-3-4-11(16)9-15-6-5-12-10(8-15)7-13-14-12/h2,7,11,16H,1,3-6,8-9H2,(H,13,14). The molecule has 2 N–H and O–H groups in total. The van der Waals surface area contributed by atoms with Gasteiger partial charge in [-0.2, -0.15) is 5.10 Å². The summed E-state index contributed by atoms with van der Waals surface area (Å²) in [5, 5.41) is 16.9. The fourth-order valence-corrected chi connectivity index (χ4v) is 2.14. The van der Waals surface area contributed by atoms with Gasteiger partial charge in [0.25, 0.3) is 0 Å². The summed E-state index contributed by atoms with van der Waals surface area (Å²) in [5.74, 6) is 0. The Kier molecular flexibility index (Phi) is 3.74. The molecule has 2 rings (SSSR count). The van der Waals surface area contributed by atoms with Crippen molar-refractivity contribution < 1.29 is 5.11 Å². The van der Waals surface area contributed by atoms with Crippen molar-refractivity contribution in [3.63, 3.8) is 0 Å². The highest BCUT2D eigenvalue weighted by molar-refractivity contribution is 5.18. The van der Waals surface area contributed by atoms with E-state index in [1.54, 1.807) is 0 Å². The largest absolute Gasteiger partial charge is 0.392 e. The summed E-state index contributed by atoms with van der Waals surface area (Å²) in [6, 6.07) is 0. The molecule has 1 unspecified atom stereocenters. The molecule has 1 aromatic heterocycles. The van der Waals surface area contributed by atoms with Gasteiger partial charge in [0.1, 0.15) is 0 Å². The first kappa shape index (κ1) is 11.4. The molecule has 0 fully saturated rings. The number of hydrogen-bond donors (Lipinski definition) is 2. The molecule has 88 valence electrons. The van der Waals surface area contributed by atoms with Gasteiger partial charge >= 0.3 is 0 Å². The molecule has 0 amide bonds. The Hall–Kier alpha value is -1.13. The highest BCUT2D eigenvalue weighted by Gasteiger charge is 2.19. The number of fused-ring (bicyclic) bond motifs is 1. The van der Waals surface area contributed by atoms with Gasteiger partial charge in [-0.25, -0.2) is 0 Å². The van der Waals surface area contributed by atoms with Gasteiger partial charge in [0, 0.05) is 37.3 Å². The number of H-pyrrole nitrogens is 1. The van der Waals surface area contributed by atoms with Gasteiger partial charge in [-0.15, -0.1) is 6.58 Å². The molecule has 0 aliphatic carbocycles. The van der Waals surface area contributed by atoms with Crippen LogP contribution in [0.2, 0.25) is 0 Å². The first-order valence-electron chi connectivity index (χ1n) is 5.82. The number of aliphatic hydroxyl groups is 1. The molecular weight excluding hydrogens is 202 g/mol. The van der Waals surface area contributed by atoms with Crippen LogP contribution < -0.4 is 0 Å². The average molecular weight is 221 g/mol. The van der Waals surface area contributed by atoms with E-state index in [2.05, 4.69) is 21.7 Å². The molecule has 4 nitrogen and oxygen atoms in total. The molecule has 0 spiro atoms. The third-order valence-corrected chi connectivity index (χ3v) is 3.05. The van der Waals surface area contributed by atoms with Crippen LogP contribution in [0.1, 0.15) is 24.1 Å². The lowest BCUT2D eigenvalue weighted by Gasteiger charge is -2.28. The predicted molar refractivity (Wildman–Crippen MR) is 63.0 cm³/mol. The molecule has 0 radical (unpaired) electrons. The van der Waals surface area contributed by atoms with Crippen LogP contribution in [0.4, 0.5) is 0 Å². The van der Waals surface area contributed by atoms with E-state index < -0.39 is 0 Å². The van der Waals surface area contributed by atoms with Crippen molar-refractivity contribution >= 4 is 0 Å². The van der Waals surface area contributed by atoms with E-state index in [1.807, 2.05) is 12.3 Å². The number of aromatic amines is 1. The Morgan fingerprint density at radius 1 is 1.69 bits per heavy atom. The van der Waals surface area contributed by atoms with Gasteiger partial charge in [0.2, 0.25) is 0 Å². The maximum absolute atomic E-state index is 9.82. The van der Waals surface area contributed by atoms with Gasteiger partial charge in [-0.05, 0) is 12.8 Å². The normalized spacial score (nSPS) is 18.1. The fraction of sp³-hybridized carbons (Fsp3) is 0.583. The van der Waals surface area contributed by atoms with Crippen LogP contribution in [0.3, 0.4) is 0 Å². The predicted octanol–water partition coefficient (Wildman–Crippen LogP) is 1.09. The average Bonchev–Trinajstić information content (AvgIpc) is 2.73. The van der Waals surface area contributed by atoms with Gasteiger partial charge < -0.3 is 5.11 Å².